The molecule has 3 rings (SSSR count). The van der Waals surface area contributed by atoms with Gasteiger partial charge in [0.15, 0.2) is 0 Å². The van der Waals surface area contributed by atoms with E-state index in [1.54, 1.807) is 20.5 Å². The van der Waals surface area contributed by atoms with Crippen LogP contribution in [-0.2, 0) is 11.3 Å². The van der Waals surface area contributed by atoms with E-state index in [0.717, 1.165) is 22.3 Å². The van der Waals surface area contributed by atoms with Gasteiger partial charge in [-0.1, -0.05) is 0 Å². The quantitative estimate of drug-likeness (QED) is 0.724. The van der Waals surface area contributed by atoms with Crippen molar-refractivity contribution in [2.45, 2.75) is 33.4 Å². The third-order valence-electron chi connectivity index (χ3n) is 4.83. The van der Waals surface area contributed by atoms with E-state index in [9.17, 15) is 4.79 Å². The van der Waals surface area contributed by atoms with Gasteiger partial charge in [0.2, 0.25) is 5.91 Å². The molecule has 0 bridgehead atoms. The highest BCUT2D eigenvalue weighted by molar-refractivity contribution is 5.81. The second-order valence-corrected chi connectivity index (χ2v) is 6.69. The fourth-order valence-corrected chi connectivity index (χ4v) is 3.14. The number of aromatic nitrogens is 2. The van der Waals surface area contributed by atoms with Gasteiger partial charge in [-0.05, 0) is 62.2 Å². The van der Waals surface area contributed by atoms with Gasteiger partial charge in [0, 0.05) is 5.56 Å². The molecule has 1 atom stereocenters. The first-order valence-corrected chi connectivity index (χ1v) is 8.86. The van der Waals surface area contributed by atoms with E-state index in [0.29, 0.717) is 5.75 Å². The summed E-state index contributed by atoms with van der Waals surface area (Å²) in [6.07, 6.45) is 1.71. The van der Waals surface area contributed by atoms with Crippen LogP contribution in [0.15, 0.2) is 36.7 Å². The average Bonchev–Trinajstić information content (AvgIpc) is 3.02. The average molecular weight is 367 g/mol. The van der Waals surface area contributed by atoms with Crippen molar-refractivity contribution in [2.75, 3.05) is 14.2 Å². The molecule has 2 aromatic carbocycles. The second kappa shape index (κ2) is 7.70. The minimum atomic E-state index is -0.221. The lowest BCUT2D eigenvalue weighted by molar-refractivity contribution is -0.122. The largest absolute Gasteiger partial charge is 0.497 e. The van der Waals surface area contributed by atoms with Gasteiger partial charge >= 0.3 is 0 Å². The summed E-state index contributed by atoms with van der Waals surface area (Å²) in [6, 6.07) is 9.44. The summed E-state index contributed by atoms with van der Waals surface area (Å²) in [5, 5.41) is 3.03. The molecule has 0 saturated heterocycles. The summed E-state index contributed by atoms with van der Waals surface area (Å²) in [5.41, 5.74) is 5.09. The number of carbonyl (C=O) groups is 1. The fourth-order valence-electron chi connectivity index (χ4n) is 3.14. The molecule has 1 unspecified atom stereocenters. The van der Waals surface area contributed by atoms with E-state index in [1.165, 1.54) is 11.1 Å². The number of methoxy groups -OCH3 is 2. The fraction of sp³-hybridized carbons (Fsp3) is 0.333. The minimum Gasteiger partial charge on any atom is -0.497 e. The first-order valence-electron chi connectivity index (χ1n) is 8.86. The van der Waals surface area contributed by atoms with Crippen molar-refractivity contribution >= 4 is 16.9 Å². The van der Waals surface area contributed by atoms with Crippen LogP contribution in [0.3, 0.4) is 0 Å². The first kappa shape index (κ1) is 18.8. The molecule has 0 spiro atoms. The first-order chi connectivity index (χ1) is 12.9. The van der Waals surface area contributed by atoms with E-state index in [-0.39, 0.29) is 18.5 Å². The Balaban J connectivity index is 1.77. The highest BCUT2D eigenvalue weighted by atomic mass is 16.5. The second-order valence-electron chi connectivity index (χ2n) is 6.69. The molecule has 6 nitrogen and oxygen atoms in total. The van der Waals surface area contributed by atoms with Gasteiger partial charge in [0.1, 0.15) is 18.0 Å². The summed E-state index contributed by atoms with van der Waals surface area (Å²) < 4.78 is 12.6. The molecule has 3 aromatic rings. The topological polar surface area (TPSA) is 65.4 Å². The Bertz CT molecular complexity index is 978. The molecule has 1 heterocycles. The van der Waals surface area contributed by atoms with Crippen LogP contribution < -0.4 is 14.8 Å². The van der Waals surface area contributed by atoms with Crippen molar-refractivity contribution in [3.63, 3.8) is 0 Å². The lowest BCUT2D eigenvalue weighted by atomic mass is 10.1. The van der Waals surface area contributed by atoms with Gasteiger partial charge in [0.05, 0.1) is 37.6 Å². The molecule has 1 amide bonds. The maximum atomic E-state index is 12.6. The summed E-state index contributed by atoms with van der Waals surface area (Å²) in [4.78, 5) is 17.0. The lowest BCUT2D eigenvalue weighted by Crippen LogP contribution is -2.30. The molecule has 1 N–H and O–H groups in total. The zero-order valence-electron chi connectivity index (χ0n) is 16.4. The molecule has 0 radical (unpaired) electrons. The lowest BCUT2D eigenvalue weighted by Gasteiger charge is -2.18. The highest BCUT2D eigenvalue weighted by Crippen LogP contribution is 2.29. The predicted molar refractivity (Wildman–Crippen MR) is 105 cm³/mol. The number of ether oxygens (including phenoxy) is 2. The summed E-state index contributed by atoms with van der Waals surface area (Å²) >= 11 is 0. The molecule has 0 aliphatic heterocycles. The highest BCUT2D eigenvalue weighted by Gasteiger charge is 2.16. The number of aryl methyl sites for hydroxylation is 2. The van der Waals surface area contributed by atoms with Crippen molar-refractivity contribution < 1.29 is 14.3 Å². The number of hydrogen-bond donors (Lipinski definition) is 1. The molecular formula is C21H25N3O3. The Hall–Kier alpha value is -3.02. The Morgan fingerprint density at radius 1 is 1.15 bits per heavy atom. The van der Waals surface area contributed by atoms with Crippen LogP contribution in [0, 0.1) is 13.8 Å². The normalized spacial score (nSPS) is 12.0. The number of nitrogens with zero attached hydrogens (tertiary/aromatic N) is 2. The van der Waals surface area contributed by atoms with Crippen LogP contribution >= 0.6 is 0 Å². The molecule has 0 fully saturated rings. The van der Waals surface area contributed by atoms with Crippen LogP contribution in [0.1, 0.15) is 29.7 Å². The van der Waals surface area contributed by atoms with E-state index in [2.05, 4.69) is 30.2 Å². The van der Waals surface area contributed by atoms with Crippen LogP contribution in [0.25, 0.3) is 11.0 Å². The SMILES string of the molecule is COc1ccc(OC)c(C(C)NC(=O)Cn2cnc3cc(C)c(C)cc32)c1. The Morgan fingerprint density at radius 2 is 1.89 bits per heavy atom. The zero-order valence-corrected chi connectivity index (χ0v) is 16.4. The smallest absolute Gasteiger partial charge is 0.240 e. The summed E-state index contributed by atoms with van der Waals surface area (Å²) in [5.74, 6) is 1.34. The number of benzene rings is 2. The van der Waals surface area contributed by atoms with Crippen LogP contribution in [0.4, 0.5) is 0 Å². The van der Waals surface area contributed by atoms with Crippen LogP contribution in [0.2, 0.25) is 0 Å². The van der Waals surface area contributed by atoms with E-state index in [4.69, 9.17) is 9.47 Å². The van der Waals surface area contributed by atoms with Crippen molar-refractivity contribution in [3.8, 4) is 11.5 Å². The maximum absolute atomic E-state index is 12.6. The number of amides is 1. The van der Waals surface area contributed by atoms with Gasteiger partial charge in [-0.15, -0.1) is 0 Å². The Kier molecular flexibility index (Phi) is 5.35. The predicted octanol–water partition coefficient (Wildman–Crippen LogP) is 3.55. The van der Waals surface area contributed by atoms with Gasteiger partial charge in [-0.25, -0.2) is 4.98 Å². The third-order valence-corrected chi connectivity index (χ3v) is 4.83. The summed E-state index contributed by atoms with van der Waals surface area (Å²) in [7, 11) is 3.23. The van der Waals surface area contributed by atoms with Crippen molar-refractivity contribution in [2.24, 2.45) is 0 Å². The van der Waals surface area contributed by atoms with Gasteiger partial charge < -0.3 is 19.4 Å². The van der Waals surface area contributed by atoms with Gasteiger partial charge in [0.25, 0.3) is 0 Å². The van der Waals surface area contributed by atoms with Crippen molar-refractivity contribution in [3.05, 3.63) is 53.3 Å². The number of nitrogens with one attached hydrogen (secondary N) is 1. The van der Waals surface area contributed by atoms with Crippen LogP contribution in [0.5, 0.6) is 11.5 Å². The maximum Gasteiger partial charge on any atom is 0.240 e. The van der Waals surface area contributed by atoms with Crippen molar-refractivity contribution in [1.29, 1.82) is 0 Å². The third kappa shape index (κ3) is 3.89. The van der Waals surface area contributed by atoms with E-state index in [1.807, 2.05) is 35.8 Å². The molecule has 0 saturated carbocycles. The molecule has 1 aromatic heterocycles. The number of rotatable bonds is 6. The zero-order chi connectivity index (χ0) is 19.6. The molecule has 142 valence electrons. The molecule has 0 aliphatic rings. The molecular weight excluding hydrogens is 342 g/mol. The molecule has 0 aliphatic carbocycles. The standard InChI is InChI=1S/C21H25N3O3/c1-13-8-18-19(9-14(13)2)24(12-22-18)11-21(25)23-15(3)17-10-16(26-4)6-7-20(17)27-5/h6-10,12,15H,11H2,1-5H3,(H,23,25). The van der Waals surface area contributed by atoms with Gasteiger partial charge in [-0.2, -0.15) is 0 Å². The van der Waals surface area contributed by atoms with E-state index < -0.39 is 0 Å². The number of fused-ring (bicyclic) bond motifs is 1. The number of carbonyl (C=O) groups excluding carboxylic acids is 1. The van der Waals surface area contributed by atoms with Gasteiger partial charge in [-0.3, -0.25) is 4.79 Å². The van der Waals surface area contributed by atoms with Crippen molar-refractivity contribution in [1.82, 2.24) is 14.9 Å². The Morgan fingerprint density at radius 3 is 2.59 bits per heavy atom. The number of imidazole rings is 1. The molecule has 6 heteroatoms. The van der Waals surface area contributed by atoms with E-state index >= 15 is 0 Å². The number of hydrogen-bond acceptors (Lipinski definition) is 4. The van der Waals surface area contributed by atoms with Crippen LogP contribution in [-0.4, -0.2) is 29.7 Å². The Labute approximate surface area is 159 Å². The minimum absolute atomic E-state index is 0.0927. The molecule has 27 heavy (non-hydrogen) atoms. The monoisotopic (exact) mass is 367 g/mol. The summed E-state index contributed by atoms with van der Waals surface area (Å²) in [6.45, 7) is 6.25.